The molecule has 1 aromatic carbocycles. The molecular weight excluding hydrogens is 276 g/mol. The van der Waals surface area contributed by atoms with Crippen molar-refractivity contribution in [2.24, 2.45) is 17.3 Å². The zero-order valence-electron chi connectivity index (χ0n) is 12.1. The van der Waals surface area contributed by atoms with E-state index in [-0.39, 0.29) is 23.2 Å². The molecule has 1 fully saturated rings. The Bertz CT molecular complexity index is 548. The van der Waals surface area contributed by atoms with Crippen LogP contribution in [0.3, 0.4) is 0 Å². The van der Waals surface area contributed by atoms with Crippen molar-refractivity contribution in [1.82, 2.24) is 0 Å². The lowest BCUT2D eigenvalue weighted by atomic mass is 10.1. The van der Waals surface area contributed by atoms with E-state index in [0.717, 1.165) is 11.3 Å². The molecule has 0 aromatic heterocycles. The van der Waals surface area contributed by atoms with Crippen molar-refractivity contribution in [3.05, 3.63) is 35.9 Å². The fourth-order valence-electron chi connectivity index (χ4n) is 2.59. The molecule has 0 amide bonds. The molecule has 0 aliphatic heterocycles. The number of benzene rings is 1. The van der Waals surface area contributed by atoms with Gasteiger partial charge in [0.05, 0.1) is 20.1 Å². The van der Waals surface area contributed by atoms with Crippen molar-refractivity contribution in [3.63, 3.8) is 0 Å². The summed E-state index contributed by atoms with van der Waals surface area (Å²) < 4.78 is 10.0. The standard InChI is InChI=1S/C16H19ClO3/c1-16(2)12(14(16)15(18)20-4)9-13(17)10-6-5-7-11(8-10)19-3/h5-9,12,14H,1-4H3. The molecule has 1 aliphatic carbocycles. The van der Waals surface area contributed by atoms with Gasteiger partial charge in [-0.05, 0) is 29.0 Å². The van der Waals surface area contributed by atoms with E-state index in [2.05, 4.69) is 0 Å². The fourth-order valence-corrected chi connectivity index (χ4v) is 2.84. The molecule has 0 radical (unpaired) electrons. The maximum Gasteiger partial charge on any atom is 0.309 e. The third-order valence-corrected chi connectivity index (χ3v) is 4.38. The van der Waals surface area contributed by atoms with Crippen molar-refractivity contribution >= 4 is 22.6 Å². The molecule has 3 nitrogen and oxygen atoms in total. The van der Waals surface area contributed by atoms with Crippen molar-refractivity contribution < 1.29 is 14.3 Å². The Labute approximate surface area is 124 Å². The molecule has 0 saturated heterocycles. The number of ether oxygens (including phenoxy) is 2. The van der Waals surface area contributed by atoms with Crippen LogP contribution in [0.4, 0.5) is 0 Å². The van der Waals surface area contributed by atoms with Crippen LogP contribution in [-0.4, -0.2) is 20.2 Å². The smallest absolute Gasteiger partial charge is 0.309 e. The first-order chi connectivity index (χ1) is 9.41. The molecule has 1 aliphatic rings. The minimum Gasteiger partial charge on any atom is -0.497 e. The van der Waals surface area contributed by atoms with Crippen LogP contribution < -0.4 is 4.74 Å². The molecule has 0 bridgehead atoms. The van der Waals surface area contributed by atoms with Gasteiger partial charge in [0.15, 0.2) is 0 Å². The van der Waals surface area contributed by atoms with Crippen molar-refractivity contribution in [2.45, 2.75) is 13.8 Å². The highest BCUT2D eigenvalue weighted by molar-refractivity contribution is 6.48. The number of halogens is 1. The van der Waals surface area contributed by atoms with Gasteiger partial charge >= 0.3 is 5.97 Å². The lowest BCUT2D eigenvalue weighted by molar-refractivity contribution is -0.143. The molecule has 0 N–H and O–H groups in total. The summed E-state index contributed by atoms with van der Waals surface area (Å²) in [5.74, 6) is 0.570. The molecule has 2 rings (SSSR count). The van der Waals surface area contributed by atoms with E-state index < -0.39 is 0 Å². The topological polar surface area (TPSA) is 35.5 Å². The third-order valence-electron chi connectivity index (χ3n) is 4.04. The monoisotopic (exact) mass is 294 g/mol. The second-order valence-corrected chi connectivity index (χ2v) is 6.00. The van der Waals surface area contributed by atoms with Crippen LogP contribution in [0.15, 0.2) is 30.3 Å². The number of rotatable bonds is 4. The van der Waals surface area contributed by atoms with E-state index in [1.165, 1.54) is 7.11 Å². The summed E-state index contributed by atoms with van der Waals surface area (Å²) in [5, 5.41) is 0.633. The summed E-state index contributed by atoms with van der Waals surface area (Å²) in [6, 6.07) is 7.55. The average molecular weight is 295 g/mol. The summed E-state index contributed by atoms with van der Waals surface area (Å²) >= 11 is 6.36. The van der Waals surface area contributed by atoms with Gasteiger partial charge in [-0.2, -0.15) is 0 Å². The summed E-state index contributed by atoms with van der Waals surface area (Å²) in [5.41, 5.74) is 0.781. The van der Waals surface area contributed by atoms with Gasteiger partial charge in [-0.1, -0.05) is 43.7 Å². The molecule has 0 heterocycles. The molecule has 1 saturated carbocycles. The number of hydrogen-bond acceptors (Lipinski definition) is 3. The van der Waals surface area contributed by atoms with Crippen LogP contribution >= 0.6 is 11.6 Å². The Kier molecular flexibility index (Phi) is 4.09. The number of methoxy groups -OCH3 is 2. The van der Waals surface area contributed by atoms with Gasteiger partial charge < -0.3 is 9.47 Å². The predicted molar refractivity (Wildman–Crippen MR) is 79.6 cm³/mol. The molecular formula is C16H19ClO3. The molecule has 108 valence electrons. The van der Waals surface area contributed by atoms with Gasteiger partial charge in [0.25, 0.3) is 0 Å². The van der Waals surface area contributed by atoms with Crippen LogP contribution in [0.2, 0.25) is 0 Å². The SMILES string of the molecule is COC(=O)C1C(C=C(Cl)c2cccc(OC)c2)C1(C)C. The van der Waals surface area contributed by atoms with Crippen molar-refractivity contribution in [2.75, 3.05) is 14.2 Å². The Hall–Kier alpha value is -1.48. The zero-order valence-corrected chi connectivity index (χ0v) is 12.9. The Morgan fingerprint density at radius 1 is 1.35 bits per heavy atom. The number of allylic oxidation sites excluding steroid dienone is 1. The van der Waals surface area contributed by atoms with Gasteiger partial charge in [0.1, 0.15) is 5.75 Å². The van der Waals surface area contributed by atoms with Crippen molar-refractivity contribution in [3.8, 4) is 5.75 Å². The fraction of sp³-hybridized carbons (Fsp3) is 0.438. The summed E-state index contributed by atoms with van der Waals surface area (Å²) in [6.45, 7) is 4.09. The molecule has 4 heteroatoms. The van der Waals surface area contributed by atoms with E-state index in [4.69, 9.17) is 21.1 Å². The minimum atomic E-state index is -0.175. The zero-order chi connectivity index (χ0) is 14.9. The normalized spacial score (nSPS) is 24.1. The highest BCUT2D eigenvalue weighted by Crippen LogP contribution is 2.60. The first kappa shape index (κ1) is 14.9. The Morgan fingerprint density at radius 2 is 2.05 bits per heavy atom. The molecule has 2 atom stereocenters. The lowest BCUT2D eigenvalue weighted by Gasteiger charge is -2.04. The van der Waals surface area contributed by atoms with E-state index in [0.29, 0.717) is 5.03 Å². The second-order valence-electron chi connectivity index (χ2n) is 5.59. The average Bonchev–Trinajstić information content (AvgIpc) is 2.99. The molecule has 20 heavy (non-hydrogen) atoms. The highest BCUT2D eigenvalue weighted by Gasteiger charge is 2.61. The van der Waals surface area contributed by atoms with Crippen LogP contribution in [-0.2, 0) is 9.53 Å². The predicted octanol–water partition coefficient (Wildman–Crippen LogP) is 3.72. The number of esters is 1. The number of carbonyl (C=O) groups excluding carboxylic acids is 1. The second kappa shape index (κ2) is 5.49. The summed E-state index contributed by atoms with van der Waals surface area (Å²) in [6.07, 6.45) is 1.94. The van der Waals surface area contributed by atoms with E-state index in [1.807, 2.05) is 44.2 Å². The van der Waals surface area contributed by atoms with Gasteiger partial charge in [-0.25, -0.2) is 0 Å². The summed E-state index contributed by atoms with van der Waals surface area (Å²) in [7, 11) is 3.04. The van der Waals surface area contributed by atoms with Crippen LogP contribution in [0, 0.1) is 17.3 Å². The maximum absolute atomic E-state index is 11.7. The van der Waals surface area contributed by atoms with Gasteiger partial charge in [-0.3, -0.25) is 4.79 Å². The van der Waals surface area contributed by atoms with E-state index >= 15 is 0 Å². The van der Waals surface area contributed by atoms with E-state index in [1.54, 1.807) is 7.11 Å². The molecule has 1 aromatic rings. The largest absolute Gasteiger partial charge is 0.497 e. The molecule has 0 spiro atoms. The van der Waals surface area contributed by atoms with Crippen LogP contribution in [0.1, 0.15) is 19.4 Å². The van der Waals surface area contributed by atoms with Crippen molar-refractivity contribution in [1.29, 1.82) is 0 Å². The number of hydrogen-bond donors (Lipinski definition) is 0. The number of carbonyl (C=O) groups is 1. The van der Waals surface area contributed by atoms with Gasteiger partial charge in [0.2, 0.25) is 0 Å². The quantitative estimate of drug-likeness (QED) is 0.794. The first-order valence-corrected chi connectivity index (χ1v) is 6.89. The summed E-state index contributed by atoms with van der Waals surface area (Å²) in [4.78, 5) is 11.7. The molecule has 2 unspecified atom stereocenters. The third kappa shape index (κ3) is 2.68. The van der Waals surface area contributed by atoms with Gasteiger partial charge in [-0.15, -0.1) is 0 Å². The minimum absolute atomic E-state index is 0.105. The highest BCUT2D eigenvalue weighted by atomic mass is 35.5. The maximum atomic E-state index is 11.7. The van der Waals surface area contributed by atoms with Crippen LogP contribution in [0.25, 0.3) is 5.03 Å². The first-order valence-electron chi connectivity index (χ1n) is 6.51. The Morgan fingerprint density at radius 3 is 2.65 bits per heavy atom. The van der Waals surface area contributed by atoms with Gasteiger partial charge in [0, 0.05) is 5.03 Å². The Balaban J connectivity index is 2.21. The lowest BCUT2D eigenvalue weighted by Crippen LogP contribution is -2.07. The van der Waals surface area contributed by atoms with E-state index in [9.17, 15) is 4.79 Å². The van der Waals surface area contributed by atoms with Crippen LogP contribution in [0.5, 0.6) is 5.75 Å².